The molecule has 1 saturated carbocycles. The van der Waals surface area contributed by atoms with Crippen molar-refractivity contribution in [1.82, 2.24) is 9.55 Å². The van der Waals surface area contributed by atoms with Gasteiger partial charge in [0.05, 0.1) is 17.0 Å². The lowest BCUT2D eigenvalue weighted by Crippen LogP contribution is -2.35. The molecule has 104 valence electrons. The van der Waals surface area contributed by atoms with Gasteiger partial charge in [-0.15, -0.1) is 11.6 Å². The van der Waals surface area contributed by atoms with E-state index in [1.165, 1.54) is 6.07 Å². The molecule has 1 fully saturated rings. The lowest BCUT2D eigenvalue weighted by molar-refractivity contribution is -0.179. The smallest absolute Gasteiger partial charge is 0.311 e. The average Bonchev–Trinajstić information content (AvgIpc) is 3.13. The van der Waals surface area contributed by atoms with Crippen molar-refractivity contribution in [2.75, 3.05) is 0 Å². The van der Waals surface area contributed by atoms with Crippen LogP contribution in [-0.2, 0) is 11.4 Å². The fourth-order valence-electron chi connectivity index (χ4n) is 2.56. The highest BCUT2D eigenvalue weighted by Gasteiger charge is 2.65. The molecule has 0 aliphatic heterocycles. The minimum Gasteiger partial charge on any atom is -0.311 e. The van der Waals surface area contributed by atoms with Crippen LogP contribution in [0.1, 0.15) is 24.2 Å². The lowest BCUT2D eigenvalue weighted by atomic mass is 10.2. The number of halogens is 4. The van der Waals surface area contributed by atoms with Gasteiger partial charge in [0.2, 0.25) is 0 Å². The third kappa shape index (κ3) is 1.63. The molecule has 1 aromatic heterocycles. The Morgan fingerprint density at radius 1 is 1.40 bits per heavy atom. The second kappa shape index (κ2) is 4.13. The van der Waals surface area contributed by atoms with Crippen molar-refractivity contribution < 1.29 is 13.2 Å². The highest BCUT2D eigenvalue weighted by molar-refractivity contribution is 6.17. The summed E-state index contributed by atoms with van der Waals surface area (Å²) in [4.78, 5) is 4.13. The molecule has 0 N–H and O–H groups in total. The first-order valence-corrected chi connectivity index (χ1v) is 6.52. The maximum Gasteiger partial charge on any atom is 0.412 e. The average molecular weight is 300 g/mol. The van der Waals surface area contributed by atoms with Crippen molar-refractivity contribution in [3.05, 3.63) is 29.6 Å². The van der Waals surface area contributed by atoms with Gasteiger partial charge in [-0.2, -0.15) is 18.4 Å². The number of aromatic nitrogens is 2. The zero-order valence-electron chi connectivity index (χ0n) is 10.2. The topological polar surface area (TPSA) is 41.6 Å². The number of fused-ring (bicyclic) bond motifs is 1. The first-order chi connectivity index (χ1) is 9.44. The molecule has 1 heterocycles. The third-order valence-electron chi connectivity index (χ3n) is 3.67. The number of hydrogen-bond donors (Lipinski definition) is 0. The van der Waals surface area contributed by atoms with Crippen molar-refractivity contribution in [3.63, 3.8) is 0 Å². The van der Waals surface area contributed by atoms with Crippen LogP contribution in [0, 0.1) is 11.3 Å². The molecule has 0 atom stereocenters. The molecule has 3 nitrogen and oxygen atoms in total. The van der Waals surface area contributed by atoms with E-state index in [2.05, 4.69) is 4.98 Å². The third-order valence-corrected chi connectivity index (χ3v) is 3.91. The van der Waals surface area contributed by atoms with Crippen molar-refractivity contribution >= 4 is 22.6 Å². The number of imidazole rings is 1. The fraction of sp³-hybridized carbons (Fsp3) is 0.385. The van der Waals surface area contributed by atoms with Crippen LogP contribution < -0.4 is 0 Å². The molecule has 1 aliphatic carbocycles. The summed E-state index contributed by atoms with van der Waals surface area (Å²) in [7, 11) is 0. The summed E-state index contributed by atoms with van der Waals surface area (Å²) in [5.41, 5.74) is -1.07. The first kappa shape index (κ1) is 13.3. The lowest BCUT2D eigenvalue weighted by Gasteiger charge is -2.23. The van der Waals surface area contributed by atoms with Gasteiger partial charge in [0, 0.05) is 0 Å². The van der Waals surface area contributed by atoms with Gasteiger partial charge in [0.25, 0.3) is 0 Å². The fourth-order valence-corrected chi connectivity index (χ4v) is 2.74. The molecule has 3 rings (SSSR count). The standard InChI is InChI=1S/C13H9ClF3N3/c14-6-10-19-11-8(7-18)2-1-3-9(11)20(10)12(4-5-12)13(15,16)17/h1-3H,4-6H2. The molecule has 0 saturated heterocycles. The van der Waals surface area contributed by atoms with Crippen LogP contribution in [0.15, 0.2) is 18.2 Å². The Morgan fingerprint density at radius 2 is 2.10 bits per heavy atom. The van der Waals surface area contributed by atoms with Crippen LogP contribution in [0.2, 0.25) is 0 Å². The van der Waals surface area contributed by atoms with Gasteiger partial charge in [-0.3, -0.25) is 0 Å². The van der Waals surface area contributed by atoms with E-state index in [0.29, 0.717) is 5.52 Å². The summed E-state index contributed by atoms with van der Waals surface area (Å²) in [5.74, 6) is 0.0244. The molecule has 20 heavy (non-hydrogen) atoms. The van der Waals surface area contributed by atoms with E-state index < -0.39 is 11.7 Å². The van der Waals surface area contributed by atoms with Gasteiger partial charge in [0.15, 0.2) is 0 Å². The van der Waals surface area contributed by atoms with E-state index in [9.17, 15) is 13.2 Å². The number of para-hydroxylation sites is 1. The molecule has 1 aromatic carbocycles. The quantitative estimate of drug-likeness (QED) is 0.793. The number of nitrogens with zero attached hydrogens (tertiary/aromatic N) is 3. The van der Waals surface area contributed by atoms with Crippen molar-refractivity contribution in [3.8, 4) is 6.07 Å². The van der Waals surface area contributed by atoms with Crippen LogP contribution in [0.5, 0.6) is 0 Å². The molecule has 1 aliphatic rings. The van der Waals surface area contributed by atoms with Crippen molar-refractivity contribution in [2.24, 2.45) is 0 Å². The second-order valence-electron chi connectivity index (χ2n) is 4.81. The summed E-state index contributed by atoms with van der Waals surface area (Å²) in [5, 5.41) is 9.03. The summed E-state index contributed by atoms with van der Waals surface area (Å²) in [6.07, 6.45) is -4.32. The molecule has 0 bridgehead atoms. The summed E-state index contributed by atoms with van der Waals surface area (Å²) in [6.45, 7) is 0. The predicted molar refractivity (Wildman–Crippen MR) is 67.3 cm³/mol. The van der Waals surface area contributed by atoms with Crippen molar-refractivity contribution in [2.45, 2.75) is 30.4 Å². The number of nitriles is 1. The van der Waals surface area contributed by atoms with E-state index >= 15 is 0 Å². The molecule has 0 spiro atoms. The zero-order chi connectivity index (χ0) is 14.5. The molecule has 2 aromatic rings. The molecule has 0 unspecified atom stereocenters. The summed E-state index contributed by atoms with van der Waals surface area (Å²) in [6, 6.07) is 6.58. The predicted octanol–water partition coefficient (Wildman–Crippen LogP) is 3.70. The van der Waals surface area contributed by atoms with Crippen LogP contribution in [0.3, 0.4) is 0 Å². The maximum absolute atomic E-state index is 13.3. The zero-order valence-corrected chi connectivity index (χ0v) is 11.0. The van der Waals surface area contributed by atoms with Gasteiger partial charge < -0.3 is 4.57 Å². The number of rotatable bonds is 2. The minimum atomic E-state index is -4.36. The number of alkyl halides is 4. The van der Waals surface area contributed by atoms with Gasteiger partial charge in [0.1, 0.15) is 22.9 Å². The Kier molecular flexibility index (Phi) is 2.73. The molecular formula is C13H9ClF3N3. The SMILES string of the molecule is N#Cc1cccc2c1nc(CCl)n2C1(C(F)(F)F)CC1. The second-order valence-corrected chi connectivity index (χ2v) is 5.08. The van der Waals surface area contributed by atoms with E-state index in [0.717, 1.165) is 4.57 Å². The van der Waals surface area contributed by atoms with E-state index in [-0.39, 0.29) is 35.6 Å². The summed E-state index contributed by atoms with van der Waals surface area (Å²) < 4.78 is 41.2. The van der Waals surface area contributed by atoms with Crippen LogP contribution in [0.25, 0.3) is 11.0 Å². The van der Waals surface area contributed by atoms with E-state index in [1.807, 2.05) is 6.07 Å². The van der Waals surface area contributed by atoms with Gasteiger partial charge in [-0.1, -0.05) is 6.07 Å². The Balaban J connectivity index is 2.34. The molecule has 7 heteroatoms. The van der Waals surface area contributed by atoms with Gasteiger partial charge in [-0.25, -0.2) is 4.98 Å². The minimum absolute atomic E-state index is 0.0165. The van der Waals surface area contributed by atoms with Crippen LogP contribution >= 0.6 is 11.6 Å². The molecule has 0 radical (unpaired) electrons. The first-order valence-electron chi connectivity index (χ1n) is 5.98. The van der Waals surface area contributed by atoms with Crippen LogP contribution in [0.4, 0.5) is 13.2 Å². The number of hydrogen-bond acceptors (Lipinski definition) is 2. The molecular weight excluding hydrogens is 291 g/mol. The Labute approximate surface area is 117 Å². The van der Waals surface area contributed by atoms with Gasteiger partial charge >= 0.3 is 6.18 Å². The van der Waals surface area contributed by atoms with Crippen LogP contribution in [-0.4, -0.2) is 15.7 Å². The highest BCUT2D eigenvalue weighted by atomic mass is 35.5. The monoisotopic (exact) mass is 299 g/mol. The maximum atomic E-state index is 13.3. The van der Waals surface area contributed by atoms with Gasteiger partial charge in [-0.05, 0) is 25.0 Å². The van der Waals surface area contributed by atoms with E-state index in [4.69, 9.17) is 16.9 Å². The highest BCUT2D eigenvalue weighted by Crippen LogP contribution is 2.57. The van der Waals surface area contributed by atoms with E-state index in [1.54, 1.807) is 12.1 Å². The Bertz CT molecular complexity index is 723. The summed E-state index contributed by atoms with van der Waals surface area (Å²) >= 11 is 5.75. The van der Waals surface area contributed by atoms with Crippen molar-refractivity contribution in [1.29, 1.82) is 5.26 Å². The molecule has 0 amide bonds. The Morgan fingerprint density at radius 3 is 2.60 bits per heavy atom. The Hall–Kier alpha value is -1.74. The number of benzene rings is 1. The normalized spacial score (nSPS) is 17.1. The largest absolute Gasteiger partial charge is 0.412 e.